The van der Waals surface area contributed by atoms with E-state index < -0.39 is 0 Å². The fraction of sp³-hybridized carbons (Fsp3) is 0.273. The second-order valence-electron chi connectivity index (χ2n) is 3.17. The third kappa shape index (κ3) is 4.08. The van der Waals surface area contributed by atoms with Crippen molar-refractivity contribution in [2.45, 2.75) is 12.8 Å². The lowest BCUT2D eigenvalue weighted by Gasteiger charge is -2.05. The zero-order valence-electron chi connectivity index (χ0n) is 8.90. The SMILES string of the molecule is CNC(=S)N/N=C\[C@@H](C)c1ccccc1. The molecule has 0 saturated heterocycles. The fourth-order valence-corrected chi connectivity index (χ4v) is 1.16. The molecule has 0 amide bonds. The fourth-order valence-electron chi connectivity index (χ4n) is 1.11. The molecule has 0 spiro atoms. The molecule has 0 aliphatic carbocycles. The molecule has 0 bridgehead atoms. The molecule has 1 aromatic rings. The van der Waals surface area contributed by atoms with Gasteiger partial charge in [-0.25, -0.2) is 0 Å². The molecule has 4 heteroatoms. The van der Waals surface area contributed by atoms with Crippen LogP contribution >= 0.6 is 12.2 Å². The van der Waals surface area contributed by atoms with E-state index in [1.807, 2.05) is 24.4 Å². The van der Waals surface area contributed by atoms with Crippen LogP contribution in [0.2, 0.25) is 0 Å². The lowest BCUT2D eigenvalue weighted by molar-refractivity contribution is 0.950. The average Bonchev–Trinajstić information content (AvgIpc) is 2.29. The van der Waals surface area contributed by atoms with Crippen LogP contribution in [0, 0.1) is 0 Å². The van der Waals surface area contributed by atoms with Crippen LogP contribution in [0.1, 0.15) is 18.4 Å². The van der Waals surface area contributed by atoms with Gasteiger partial charge in [-0.2, -0.15) is 5.10 Å². The zero-order chi connectivity index (χ0) is 11.1. The number of thiocarbonyl (C=S) groups is 1. The third-order valence-corrected chi connectivity index (χ3v) is 2.31. The summed E-state index contributed by atoms with van der Waals surface area (Å²) in [5, 5.41) is 7.34. The van der Waals surface area contributed by atoms with Gasteiger partial charge in [0.05, 0.1) is 0 Å². The smallest absolute Gasteiger partial charge is 0.186 e. The maximum atomic E-state index is 4.89. The molecule has 0 heterocycles. The van der Waals surface area contributed by atoms with E-state index in [0.717, 1.165) is 0 Å². The number of rotatable bonds is 3. The van der Waals surface area contributed by atoms with Gasteiger partial charge in [0.15, 0.2) is 5.11 Å². The highest BCUT2D eigenvalue weighted by Crippen LogP contribution is 2.11. The molecule has 0 aromatic heterocycles. The Morgan fingerprint density at radius 3 is 2.67 bits per heavy atom. The van der Waals surface area contributed by atoms with Crippen molar-refractivity contribution >= 4 is 23.5 Å². The molecule has 15 heavy (non-hydrogen) atoms. The Hall–Kier alpha value is -1.42. The predicted octanol–water partition coefficient (Wildman–Crippen LogP) is 1.87. The molecule has 0 fully saturated rings. The quantitative estimate of drug-likeness (QED) is 0.465. The summed E-state index contributed by atoms with van der Waals surface area (Å²) in [6, 6.07) is 10.2. The van der Waals surface area contributed by atoms with Crippen LogP contribution in [0.5, 0.6) is 0 Å². The number of hydrogen-bond donors (Lipinski definition) is 2. The van der Waals surface area contributed by atoms with Gasteiger partial charge in [-0.3, -0.25) is 5.43 Å². The van der Waals surface area contributed by atoms with Crippen LogP contribution in [0.15, 0.2) is 35.4 Å². The lowest BCUT2D eigenvalue weighted by atomic mass is 10.0. The lowest BCUT2D eigenvalue weighted by Crippen LogP contribution is -2.28. The van der Waals surface area contributed by atoms with Gasteiger partial charge < -0.3 is 5.32 Å². The summed E-state index contributed by atoms with van der Waals surface area (Å²) in [4.78, 5) is 0. The van der Waals surface area contributed by atoms with E-state index in [1.165, 1.54) is 5.56 Å². The standard InChI is InChI=1S/C11H15N3S/c1-9(8-13-14-11(15)12-2)10-6-4-3-5-7-10/h3-9H,1-2H3,(H2,12,14,15)/b13-8-/t9-/m1/s1. The van der Waals surface area contributed by atoms with Crippen molar-refractivity contribution in [1.82, 2.24) is 10.7 Å². The van der Waals surface area contributed by atoms with Crippen molar-refractivity contribution in [3.63, 3.8) is 0 Å². The van der Waals surface area contributed by atoms with Crippen LogP contribution in [0.4, 0.5) is 0 Å². The van der Waals surface area contributed by atoms with Gasteiger partial charge in [0.2, 0.25) is 0 Å². The second-order valence-corrected chi connectivity index (χ2v) is 3.58. The Morgan fingerprint density at radius 2 is 2.07 bits per heavy atom. The maximum Gasteiger partial charge on any atom is 0.186 e. The monoisotopic (exact) mass is 221 g/mol. The molecule has 0 unspecified atom stereocenters. The van der Waals surface area contributed by atoms with Gasteiger partial charge in [-0.1, -0.05) is 37.3 Å². The number of hydrazone groups is 1. The van der Waals surface area contributed by atoms with E-state index >= 15 is 0 Å². The number of nitrogens with one attached hydrogen (secondary N) is 2. The normalized spacial score (nSPS) is 12.4. The van der Waals surface area contributed by atoms with Crippen molar-refractivity contribution in [2.24, 2.45) is 5.10 Å². The van der Waals surface area contributed by atoms with Crippen LogP contribution in [-0.2, 0) is 0 Å². The molecular formula is C11H15N3S. The Kier molecular flexibility index (Phi) is 4.77. The number of hydrogen-bond acceptors (Lipinski definition) is 2. The summed E-state index contributed by atoms with van der Waals surface area (Å²) in [5.41, 5.74) is 3.96. The van der Waals surface area contributed by atoms with Gasteiger partial charge in [0.1, 0.15) is 0 Å². The van der Waals surface area contributed by atoms with Gasteiger partial charge in [-0.05, 0) is 17.8 Å². The first kappa shape index (κ1) is 11.7. The molecule has 0 aliphatic heterocycles. The maximum absolute atomic E-state index is 4.89. The first-order valence-corrected chi connectivity index (χ1v) is 5.20. The van der Waals surface area contributed by atoms with Crippen molar-refractivity contribution in [3.8, 4) is 0 Å². The van der Waals surface area contributed by atoms with Gasteiger partial charge in [0, 0.05) is 19.2 Å². The van der Waals surface area contributed by atoms with Crippen molar-refractivity contribution in [3.05, 3.63) is 35.9 Å². The molecule has 0 saturated carbocycles. The Balaban J connectivity index is 2.49. The minimum atomic E-state index is 0.276. The molecular weight excluding hydrogens is 206 g/mol. The van der Waals surface area contributed by atoms with Gasteiger partial charge >= 0.3 is 0 Å². The molecule has 0 aliphatic rings. The minimum absolute atomic E-state index is 0.276. The van der Waals surface area contributed by atoms with Crippen molar-refractivity contribution in [1.29, 1.82) is 0 Å². The zero-order valence-corrected chi connectivity index (χ0v) is 9.71. The van der Waals surface area contributed by atoms with Gasteiger partial charge in [0.25, 0.3) is 0 Å². The third-order valence-electron chi connectivity index (χ3n) is 2.02. The first-order chi connectivity index (χ1) is 7.24. The first-order valence-electron chi connectivity index (χ1n) is 4.80. The summed E-state index contributed by atoms with van der Waals surface area (Å²) in [5.74, 6) is 0.276. The highest BCUT2D eigenvalue weighted by Gasteiger charge is 1.99. The predicted molar refractivity (Wildman–Crippen MR) is 68.1 cm³/mol. The number of benzene rings is 1. The van der Waals surface area contributed by atoms with Crippen LogP contribution in [0.3, 0.4) is 0 Å². The largest absolute Gasteiger partial charge is 0.364 e. The molecule has 2 N–H and O–H groups in total. The summed E-state index contributed by atoms with van der Waals surface area (Å²) in [6.07, 6.45) is 1.83. The number of nitrogens with zero attached hydrogens (tertiary/aromatic N) is 1. The van der Waals surface area contributed by atoms with Crippen LogP contribution < -0.4 is 10.7 Å². The second kappa shape index (κ2) is 6.14. The Bertz CT molecular complexity index is 335. The molecule has 80 valence electrons. The van der Waals surface area contributed by atoms with Gasteiger partial charge in [-0.15, -0.1) is 0 Å². The van der Waals surface area contributed by atoms with E-state index in [2.05, 4.69) is 34.9 Å². The minimum Gasteiger partial charge on any atom is -0.364 e. The van der Waals surface area contributed by atoms with E-state index in [4.69, 9.17) is 12.2 Å². The molecule has 1 aromatic carbocycles. The van der Waals surface area contributed by atoms with E-state index in [1.54, 1.807) is 7.05 Å². The summed E-state index contributed by atoms with van der Waals surface area (Å²) in [7, 11) is 1.76. The average molecular weight is 221 g/mol. The Morgan fingerprint density at radius 1 is 1.40 bits per heavy atom. The molecule has 0 radical (unpaired) electrons. The highest BCUT2D eigenvalue weighted by atomic mass is 32.1. The van der Waals surface area contributed by atoms with E-state index in [-0.39, 0.29) is 5.92 Å². The molecule has 1 rings (SSSR count). The Labute approximate surface area is 95.6 Å². The van der Waals surface area contributed by atoms with Crippen molar-refractivity contribution in [2.75, 3.05) is 7.05 Å². The van der Waals surface area contributed by atoms with Crippen molar-refractivity contribution < 1.29 is 0 Å². The molecule has 3 nitrogen and oxygen atoms in total. The van der Waals surface area contributed by atoms with E-state index in [0.29, 0.717) is 5.11 Å². The highest BCUT2D eigenvalue weighted by molar-refractivity contribution is 7.80. The van der Waals surface area contributed by atoms with Crippen LogP contribution in [0.25, 0.3) is 0 Å². The van der Waals surface area contributed by atoms with E-state index in [9.17, 15) is 0 Å². The summed E-state index contributed by atoms with van der Waals surface area (Å²) >= 11 is 4.89. The summed E-state index contributed by atoms with van der Waals surface area (Å²) in [6.45, 7) is 2.09. The van der Waals surface area contributed by atoms with Crippen LogP contribution in [-0.4, -0.2) is 18.4 Å². The topological polar surface area (TPSA) is 36.4 Å². The molecule has 1 atom stereocenters. The summed E-state index contributed by atoms with van der Waals surface area (Å²) < 4.78 is 0.